The van der Waals surface area contributed by atoms with Crippen molar-refractivity contribution in [3.63, 3.8) is 0 Å². The Hall–Kier alpha value is -1.36. The van der Waals surface area contributed by atoms with Gasteiger partial charge < -0.3 is 5.73 Å². The number of hydrogen-bond donors (Lipinski definition) is 1. The lowest BCUT2D eigenvalue weighted by molar-refractivity contribution is -0.137. The summed E-state index contributed by atoms with van der Waals surface area (Å²) in [6.45, 7) is 0. The van der Waals surface area contributed by atoms with E-state index in [9.17, 15) is 18.0 Å². The highest BCUT2D eigenvalue weighted by atomic mass is 19.4. The number of rotatable bonds is 2. The molecule has 0 aromatic heterocycles. The van der Waals surface area contributed by atoms with Gasteiger partial charge in [0.05, 0.1) is 11.1 Å². The summed E-state index contributed by atoms with van der Waals surface area (Å²) in [6.07, 6.45) is -1.06. The van der Waals surface area contributed by atoms with Gasteiger partial charge in [-0.3, -0.25) is 4.79 Å². The van der Waals surface area contributed by atoms with Crippen molar-refractivity contribution in [3.8, 4) is 0 Å². The lowest BCUT2D eigenvalue weighted by atomic mass is 9.76. The molecule has 0 aliphatic heterocycles. The Balaban J connectivity index is 2.39. The van der Waals surface area contributed by atoms with Crippen molar-refractivity contribution in [3.05, 3.63) is 35.4 Å². The Bertz CT molecular complexity index is 476. The minimum atomic E-state index is -4.53. The lowest BCUT2D eigenvalue weighted by Gasteiger charge is -2.32. The van der Waals surface area contributed by atoms with Crippen LogP contribution in [0.2, 0.25) is 0 Å². The van der Waals surface area contributed by atoms with Gasteiger partial charge in [0.2, 0.25) is 0 Å². The van der Waals surface area contributed by atoms with E-state index in [0.29, 0.717) is 12.8 Å². The highest BCUT2D eigenvalue weighted by Gasteiger charge is 2.41. The van der Waals surface area contributed by atoms with Crippen molar-refractivity contribution < 1.29 is 18.0 Å². The van der Waals surface area contributed by atoms with Crippen molar-refractivity contribution in [2.75, 3.05) is 0 Å². The molecule has 0 saturated heterocycles. The zero-order valence-corrected chi connectivity index (χ0v) is 10.5. The zero-order valence-electron chi connectivity index (χ0n) is 10.5. The molecule has 0 bridgehead atoms. The molecule has 0 heterocycles. The standard InChI is InChI=1S/C14H16F3NO/c15-14(16,17)11-7-3-2-6-10(11)12(19)13(18)8-4-1-5-9-13/h2-3,6-7H,1,4-5,8-9,18H2. The Morgan fingerprint density at radius 3 is 2.26 bits per heavy atom. The van der Waals surface area contributed by atoms with E-state index in [1.54, 1.807) is 0 Å². The third kappa shape index (κ3) is 2.81. The van der Waals surface area contributed by atoms with Gasteiger partial charge in [-0.2, -0.15) is 13.2 Å². The highest BCUT2D eigenvalue weighted by Crippen LogP contribution is 2.35. The summed E-state index contributed by atoms with van der Waals surface area (Å²) in [4.78, 5) is 12.4. The molecular weight excluding hydrogens is 255 g/mol. The molecule has 1 aromatic carbocycles. The minimum Gasteiger partial charge on any atom is -0.319 e. The highest BCUT2D eigenvalue weighted by molar-refractivity contribution is 6.04. The maximum atomic E-state index is 12.9. The average molecular weight is 271 g/mol. The molecule has 2 rings (SSSR count). The lowest BCUT2D eigenvalue weighted by Crippen LogP contribution is -2.49. The van der Waals surface area contributed by atoms with Gasteiger partial charge in [0.25, 0.3) is 0 Å². The molecule has 1 saturated carbocycles. The Kier molecular flexibility index (Phi) is 3.67. The van der Waals surface area contributed by atoms with E-state index in [4.69, 9.17) is 5.73 Å². The number of nitrogens with two attached hydrogens (primary N) is 1. The van der Waals surface area contributed by atoms with E-state index >= 15 is 0 Å². The molecular formula is C14H16F3NO. The van der Waals surface area contributed by atoms with Crippen molar-refractivity contribution in [2.45, 2.75) is 43.8 Å². The molecule has 0 unspecified atom stereocenters. The minimum absolute atomic E-state index is 0.306. The predicted octanol–water partition coefficient (Wildman–Crippen LogP) is 3.55. The van der Waals surface area contributed by atoms with Crippen LogP contribution in [0.4, 0.5) is 13.2 Å². The molecule has 0 radical (unpaired) electrons. The number of ketones is 1. The molecule has 1 aromatic rings. The van der Waals surface area contributed by atoms with Crippen LogP contribution in [-0.4, -0.2) is 11.3 Å². The first kappa shape index (κ1) is 14.1. The number of carbonyl (C=O) groups excluding carboxylic acids is 1. The van der Waals surface area contributed by atoms with Gasteiger partial charge in [-0.25, -0.2) is 0 Å². The number of alkyl halides is 3. The van der Waals surface area contributed by atoms with Crippen LogP contribution in [0.25, 0.3) is 0 Å². The molecule has 1 aliphatic carbocycles. The summed E-state index contributed by atoms with van der Waals surface area (Å²) in [7, 11) is 0. The quantitative estimate of drug-likeness (QED) is 0.836. The van der Waals surface area contributed by atoms with Crippen LogP contribution < -0.4 is 5.73 Å². The zero-order chi connectivity index (χ0) is 14.1. The van der Waals surface area contributed by atoms with Gasteiger partial charge in [-0.1, -0.05) is 37.5 Å². The van der Waals surface area contributed by atoms with E-state index in [1.807, 2.05) is 0 Å². The summed E-state index contributed by atoms with van der Waals surface area (Å²) in [5.74, 6) is -0.583. The van der Waals surface area contributed by atoms with Crippen LogP contribution in [0.15, 0.2) is 24.3 Å². The molecule has 1 aliphatic rings. The van der Waals surface area contributed by atoms with Crippen LogP contribution in [-0.2, 0) is 6.18 Å². The van der Waals surface area contributed by atoms with Crippen LogP contribution in [0, 0.1) is 0 Å². The summed E-state index contributed by atoms with van der Waals surface area (Å²) >= 11 is 0. The fourth-order valence-electron chi connectivity index (χ4n) is 2.61. The molecule has 2 nitrogen and oxygen atoms in total. The predicted molar refractivity (Wildman–Crippen MR) is 65.8 cm³/mol. The van der Waals surface area contributed by atoms with Crippen LogP contribution in [0.3, 0.4) is 0 Å². The third-order valence-electron chi connectivity index (χ3n) is 3.68. The maximum absolute atomic E-state index is 12.9. The third-order valence-corrected chi connectivity index (χ3v) is 3.68. The molecule has 1 fully saturated rings. The molecule has 0 atom stereocenters. The van der Waals surface area contributed by atoms with Crippen LogP contribution >= 0.6 is 0 Å². The fraction of sp³-hybridized carbons (Fsp3) is 0.500. The SMILES string of the molecule is NC1(C(=O)c2ccccc2C(F)(F)F)CCCCC1. The van der Waals surface area contributed by atoms with Gasteiger partial charge >= 0.3 is 6.18 Å². The first-order valence-corrected chi connectivity index (χ1v) is 6.34. The smallest absolute Gasteiger partial charge is 0.319 e. The second-order valence-corrected chi connectivity index (χ2v) is 5.09. The second-order valence-electron chi connectivity index (χ2n) is 5.09. The van der Waals surface area contributed by atoms with E-state index in [2.05, 4.69) is 0 Å². The number of benzene rings is 1. The summed E-state index contributed by atoms with van der Waals surface area (Å²) in [5, 5.41) is 0. The van der Waals surface area contributed by atoms with Crippen molar-refractivity contribution in [1.29, 1.82) is 0 Å². The summed E-state index contributed by atoms with van der Waals surface area (Å²) < 4.78 is 38.7. The first-order valence-electron chi connectivity index (χ1n) is 6.34. The summed E-state index contributed by atoms with van der Waals surface area (Å²) in [5.41, 5.74) is 3.69. The van der Waals surface area contributed by atoms with Crippen LogP contribution in [0.1, 0.15) is 48.0 Å². The monoisotopic (exact) mass is 271 g/mol. The van der Waals surface area contributed by atoms with E-state index in [-0.39, 0.29) is 5.56 Å². The molecule has 19 heavy (non-hydrogen) atoms. The molecule has 2 N–H and O–H groups in total. The Morgan fingerprint density at radius 2 is 1.68 bits per heavy atom. The fourth-order valence-corrected chi connectivity index (χ4v) is 2.61. The normalized spacial score (nSPS) is 19.2. The molecule has 5 heteroatoms. The summed E-state index contributed by atoms with van der Waals surface area (Å²) in [6, 6.07) is 4.87. The van der Waals surface area contributed by atoms with Crippen molar-refractivity contribution in [1.82, 2.24) is 0 Å². The largest absolute Gasteiger partial charge is 0.417 e. The van der Waals surface area contributed by atoms with Gasteiger partial charge in [-0.15, -0.1) is 0 Å². The van der Waals surface area contributed by atoms with Gasteiger partial charge in [0.1, 0.15) is 0 Å². The number of hydrogen-bond acceptors (Lipinski definition) is 2. The second kappa shape index (κ2) is 4.96. The van der Waals surface area contributed by atoms with Crippen molar-refractivity contribution in [2.24, 2.45) is 5.73 Å². The first-order chi connectivity index (χ1) is 8.84. The number of halogens is 3. The van der Waals surface area contributed by atoms with E-state index in [0.717, 1.165) is 25.3 Å². The number of Topliss-reactive ketones (excluding diaryl/α,β-unsaturated/α-hetero) is 1. The molecule has 0 spiro atoms. The number of carbonyl (C=O) groups is 1. The Labute approximate surface area is 109 Å². The van der Waals surface area contributed by atoms with Crippen molar-refractivity contribution >= 4 is 5.78 Å². The molecule has 104 valence electrons. The van der Waals surface area contributed by atoms with Gasteiger partial charge in [0.15, 0.2) is 5.78 Å². The van der Waals surface area contributed by atoms with E-state index in [1.165, 1.54) is 18.2 Å². The van der Waals surface area contributed by atoms with Gasteiger partial charge in [-0.05, 0) is 18.9 Å². The molecule has 0 amide bonds. The average Bonchev–Trinajstić information content (AvgIpc) is 2.38. The topological polar surface area (TPSA) is 43.1 Å². The maximum Gasteiger partial charge on any atom is 0.417 e. The van der Waals surface area contributed by atoms with E-state index < -0.39 is 23.1 Å². The van der Waals surface area contributed by atoms with Crippen LogP contribution in [0.5, 0.6) is 0 Å². The Morgan fingerprint density at radius 1 is 1.11 bits per heavy atom. The van der Waals surface area contributed by atoms with Gasteiger partial charge in [0, 0.05) is 5.56 Å².